The molecule has 0 amide bonds. The Kier molecular flexibility index (Phi) is 3.73. The van der Waals surface area contributed by atoms with E-state index in [9.17, 15) is 10.1 Å². The largest absolute Gasteiger partial charge is 0.318 e. The first-order valence-electron chi connectivity index (χ1n) is 3.92. The minimum Gasteiger partial charge on any atom is -0.318 e. The number of nitro benzene ring substituents is 1. The van der Waals surface area contributed by atoms with Crippen LogP contribution in [0.3, 0.4) is 0 Å². The van der Waals surface area contributed by atoms with Crippen LogP contribution in [0.5, 0.6) is 0 Å². The highest BCUT2D eigenvalue weighted by Crippen LogP contribution is 2.29. The van der Waals surface area contributed by atoms with Gasteiger partial charge in [0.25, 0.3) is 5.69 Å². The molecule has 0 bridgehead atoms. The Morgan fingerprint density at radius 3 is 2.86 bits per heavy atom. The van der Waals surface area contributed by atoms with E-state index in [4.69, 9.17) is 5.84 Å². The summed E-state index contributed by atoms with van der Waals surface area (Å²) in [7, 11) is 0. The monoisotopic (exact) mass is 213 g/mol. The molecular formula is C8H11N3O2S. The van der Waals surface area contributed by atoms with Gasteiger partial charge in [-0.05, 0) is 11.8 Å². The molecule has 0 spiro atoms. The molecule has 0 heterocycles. The van der Waals surface area contributed by atoms with E-state index in [1.807, 2.05) is 12.3 Å². The van der Waals surface area contributed by atoms with Crippen LogP contribution in [0.1, 0.15) is 5.56 Å². The second-order valence-corrected chi connectivity index (χ2v) is 3.51. The number of nitro groups is 1. The lowest BCUT2D eigenvalue weighted by atomic mass is 10.2. The van der Waals surface area contributed by atoms with Crippen molar-refractivity contribution in [2.75, 3.05) is 11.7 Å². The molecule has 0 aliphatic heterocycles. The second-order valence-electron chi connectivity index (χ2n) is 2.65. The van der Waals surface area contributed by atoms with Crippen LogP contribution in [-0.2, 0) is 5.75 Å². The Hall–Kier alpha value is -1.27. The molecule has 0 saturated heterocycles. The number of hydrogen-bond donors (Lipinski definition) is 2. The maximum absolute atomic E-state index is 10.6. The molecule has 0 radical (unpaired) electrons. The third kappa shape index (κ3) is 2.15. The van der Waals surface area contributed by atoms with Gasteiger partial charge in [0.1, 0.15) is 5.69 Å². The van der Waals surface area contributed by atoms with Gasteiger partial charge in [-0.25, -0.2) is 0 Å². The van der Waals surface area contributed by atoms with Gasteiger partial charge in [0.05, 0.1) is 4.92 Å². The summed E-state index contributed by atoms with van der Waals surface area (Å²) in [4.78, 5) is 10.2. The normalized spacial score (nSPS) is 9.86. The topological polar surface area (TPSA) is 81.2 Å². The van der Waals surface area contributed by atoms with Crippen LogP contribution < -0.4 is 11.3 Å². The van der Waals surface area contributed by atoms with E-state index in [2.05, 4.69) is 5.43 Å². The van der Waals surface area contributed by atoms with Gasteiger partial charge in [0.2, 0.25) is 0 Å². The zero-order valence-corrected chi connectivity index (χ0v) is 8.50. The Morgan fingerprint density at radius 1 is 1.64 bits per heavy atom. The van der Waals surface area contributed by atoms with Crippen molar-refractivity contribution >= 4 is 23.1 Å². The summed E-state index contributed by atoms with van der Waals surface area (Å²) in [6.07, 6.45) is 1.93. The number of para-hydroxylation sites is 1. The van der Waals surface area contributed by atoms with Crippen molar-refractivity contribution in [1.82, 2.24) is 0 Å². The zero-order chi connectivity index (χ0) is 10.6. The number of nitrogens with two attached hydrogens (primary N) is 1. The Labute approximate surface area is 85.8 Å². The Balaban J connectivity index is 3.17. The highest BCUT2D eigenvalue weighted by Gasteiger charge is 2.15. The third-order valence-electron chi connectivity index (χ3n) is 1.77. The van der Waals surface area contributed by atoms with Gasteiger partial charge in [0.15, 0.2) is 0 Å². The number of hydrogen-bond acceptors (Lipinski definition) is 5. The number of anilines is 1. The molecule has 0 saturated carbocycles. The second kappa shape index (κ2) is 4.83. The maximum atomic E-state index is 10.6. The van der Waals surface area contributed by atoms with Gasteiger partial charge in [-0.3, -0.25) is 16.0 Å². The summed E-state index contributed by atoms with van der Waals surface area (Å²) in [5.74, 6) is 5.95. The number of benzene rings is 1. The standard InChI is InChI=1S/C8H11N3O2S/c1-14-5-6-3-2-4-7(11(12)13)8(6)10-9/h2-4,10H,5,9H2,1H3. The predicted octanol–water partition coefficient (Wildman–Crippen LogP) is 1.74. The first-order chi connectivity index (χ1) is 6.70. The molecule has 1 rings (SSSR count). The molecule has 76 valence electrons. The maximum Gasteiger partial charge on any atom is 0.293 e. The van der Waals surface area contributed by atoms with E-state index < -0.39 is 4.92 Å². The number of nitrogens with one attached hydrogen (secondary N) is 1. The third-order valence-corrected chi connectivity index (χ3v) is 2.37. The van der Waals surface area contributed by atoms with Gasteiger partial charge in [-0.2, -0.15) is 11.8 Å². The fourth-order valence-electron chi connectivity index (χ4n) is 1.18. The van der Waals surface area contributed by atoms with E-state index in [0.29, 0.717) is 11.4 Å². The SMILES string of the molecule is CSCc1cccc([N+](=O)[O-])c1NN. The lowest BCUT2D eigenvalue weighted by molar-refractivity contribution is -0.384. The minimum atomic E-state index is -0.445. The number of rotatable bonds is 4. The quantitative estimate of drug-likeness (QED) is 0.452. The first-order valence-corrected chi connectivity index (χ1v) is 5.32. The molecule has 0 fully saturated rings. The van der Waals surface area contributed by atoms with Crippen LogP contribution in [0.4, 0.5) is 11.4 Å². The van der Waals surface area contributed by atoms with Crippen molar-refractivity contribution in [3.63, 3.8) is 0 Å². The van der Waals surface area contributed by atoms with Crippen molar-refractivity contribution in [1.29, 1.82) is 0 Å². The number of nitrogens with zero attached hydrogens (tertiary/aromatic N) is 1. The molecule has 6 heteroatoms. The van der Waals surface area contributed by atoms with Crippen LogP contribution in [0.2, 0.25) is 0 Å². The van der Waals surface area contributed by atoms with Crippen LogP contribution in [0.25, 0.3) is 0 Å². The smallest absolute Gasteiger partial charge is 0.293 e. The molecule has 0 unspecified atom stereocenters. The fourth-order valence-corrected chi connectivity index (χ4v) is 1.73. The van der Waals surface area contributed by atoms with E-state index >= 15 is 0 Å². The minimum absolute atomic E-state index is 0.0130. The summed E-state index contributed by atoms with van der Waals surface area (Å²) < 4.78 is 0. The average molecular weight is 213 g/mol. The Bertz CT molecular complexity index is 343. The van der Waals surface area contributed by atoms with E-state index in [0.717, 1.165) is 5.56 Å². The molecular weight excluding hydrogens is 202 g/mol. The van der Waals surface area contributed by atoms with Crippen LogP contribution >= 0.6 is 11.8 Å². The molecule has 0 aliphatic rings. The van der Waals surface area contributed by atoms with Crippen LogP contribution in [-0.4, -0.2) is 11.2 Å². The molecule has 0 aliphatic carbocycles. The highest BCUT2D eigenvalue weighted by molar-refractivity contribution is 7.97. The van der Waals surface area contributed by atoms with Crippen molar-refractivity contribution in [2.45, 2.75) is 5.75 Å². The zero-order valence-electron chi connectivity index (χ0n) is 7.69. The van der Waals surface area contributed by atoms with E-state index in [-0.39, 0.29) is 5.69 Å². The molecule has 1 aromatic carbocycles. The highest BCUT2D eigenvalue weighted by atomic mass is 32.2. The Morgan fingerprint density at radius 2 is 2.36 bits per heavy atom. The molecule has 1 aromatic rings. The van der Waals surface area contributed by atoms with Gasteiger partial charge < -0.3 is 5.43 Å². The number of thioether (sulfide) groups is 1. The number of nitrogen functional groups attached to an aromatic ring is 1. The van der Waals surface area contributed by atoms with Gasteiger partial charge in [-0.1, -0.05) is 12.1 Å². The van der Waals surface area contributed by atoms with Gasteiger partial charge in [-0.15, -0.1) is 0 Å². The molecule has 0 aromatic heterocycles. The fraction of sp³-hybridized carbons (Fsp3) is 0.250. The van der Waals surface area contributed by atoms with Crippen molar-refractivity contribution in [3.05, 3.63) is 33.9 Å². The van der Waals surface area contributed by atoms with Crippen LogP contribution in [0, 0.1) is 10.1 Å². The summed E-state index contributed by atoms with van der Waals surface area (Å²) in [5, 5.41) is 10.6. The lowest BCUT2D eigenvalue weighted by Gasteiger charge is -2.07. The summed E-state index contributed by atoms with van der Waals surface area (Å²) in [6.45, 7) is 0. The molecule has 0 atom stereocenters. The van der Waals surface area contributed by atoms with E-state index in [1.165, 1.54) is 6.07 Å². The van der Waals surface area contributed by atoms with Gasteiger partial charge in [0, 0.05) is 11.8 Å². The average Bonchev–Trinajstić information content (AvgIpc) is 2.18. The molecule has 5 nitrogen and oxygen atoms in total. The van der Waals surface area contributed by atoms with Crippen molar-refractivity contribution < 1.29 is 4.92 Å². The summed E-state index contributed by atoms with van der Waals surface area (Å²) in [5.41, 5.74) is 3.63. The van der Waals surface area contributed by atoms with Crippen LogP contribution in [0.15, 0.2) is 18.2 Å². The predicted molar refractivity (Wildman–Crippen MR) is 58.1 cm³/mol. The van der Waals surface area contributed by atoms with Crippen molar-refractivity contribution in [3.8, 4) is 0 Å². The first kappa shape index (κ1) is 10.8. The molecule has 3 N–H and O–H groups in total. The summed E-state index contributed by atoms with van der Waals surface area (Å²) >= 11 is 1.59. The van der Waals surface area contributed by atoms with E-state index in [1.54, 1.807) is 17.8 Å². The number of hydrazine groups is 1. The molecule has 14 heavy (non-hydrogen) atoms. The van der Waals surface area contributed by atoms with Gasteiger partial charge >= 0.3 is 0 Å². The lowest BCUT2D eigenvalue weighted by Crippen LogP contribution is -2.11. The van der Waals surface area contributed by atoms with Crippen molar-refractivity contribution in [2.24, 2.45) is 5.84 Å². The summed E-state index contributed by atoms with van der Waals surface area (Å²) in [6, 6.07) is 4.90.